The van der Waals surface area contributed by atoms with Crippen molar-refractivity contribution >= 4 is 17.6 Å². The average Bonchev–Trinajstić information content (AvgIpc) is 3.17. The molecule has 2 aliphatic rings. The van der Waals surface area contributed by atoms with Gasteiger partial charge in [0.25, 0.3) is 0 Å². The molecule has 6 nitrogen and oxygen atoms in total. The van der Waals surface area contributed by atoms with Crippen LogP contribution < -0.4 is 4.74 Å². The third-order valence-corrected chi connectivity index (χ3v) is 6.04. The quantitative estimate of drug-likeness (QED) is 0.417. The summed E-state index contributed by atoms with van der Waals surface area (Å²) in [6.45, 7) is 6.16. The van der Waals surface area contributed by atoms with Crippen LogP contribution >= 0.6 is 0 Å². The van der Waals surface area contributed by atoms with Crippen LogP contribution in [0.2, 0.25) is 0 Å². The van der Waals surface area contributed by atoms with Crippen molar-refractivity contribution in [3.05, 3.63) is 59.4 Å². The highest BCUT2D eigenvalue weighted by atomic mass is 16.5. The van der Waals surface area contributed by atoms with Gasteiger partial charge in [0.1, 0.15) is 5.75 Å². The van der Waals surface area contributed by atoms with Gasteiger partial charge in [-0.25, -0.2) is 0 Å². The zero-order valence-electron chi connectivity index (χ0n) is 17.6. The molecule has 1 saturated heterocycles. The average molecular weight is 406 g/mol. The van der Waals surface area contributed by atoms with Gasteiger partial charge in [-0.05, 0) is 63.9 Å². The van der Waals surface area contributed by atoms with Gasteiger partial charge in [0.05, 0.1) is 25.0 Å². The second-order valence-corrected chi connectivity index (χ2v) is 7.89. The maximum Gasteiger partial charge on any atom is 0.233 e. The van der Waals surface area contributed by atoms with Crippen molar-refractivity contribution in [2.75, 3.05) is 13.2 Å². The Morgan fingerprint density at radius 3 is 2.20 bits per heavy atom. The summed E-state index contributed by atoms with van der Waals surface area (Å²) in [4.78, 5) is 39.6. The minimum absolute atomic E-state index is 0.196. The standard InChI is InChI=1S/C24H26N2O4/c1-4-30-18-11-9-17(10-12-18)26-15(2)13-21(16(26)3)22(27)14-25-23(28)19-7-5-6-8-20(19)24(25)29/h5-6,9-13,19-20H,4,7-8,14H2,1-3H3. The van der Waals surface area contributed by atoms with E-state index in [9.17, 15) is 14.4 Å². The Hall–Kier alpha value is -3.15. The first-order valence-electron chi connectivity index (χ1n) is 10.4. The number of imide groups is 1. The maximum absolute atomic E-state index is 13.1. The predicted octanol–water partition coefficient (Wildman–Crippen LogP) is 3.63. The number of Topliss-reactive ketones (excluding diaryl/α,β-unsaturated/α-hetero) is 1. The van der Waals surface area contributed by atoms with Gasteiger partial charge in [-0.2, -0.15) is 0 Å². The lowest BCUT2D eigenvalue weighted by atomic mass is 9.85. The first kappa shape index (κ1) is 20.1. The van der Waals surface area contributed by atoms with Gasteiger partial charge in [-0.15, -0.1) is 0 Å². The first-order valence-corrected chi connectivity index (χ1v) is 10.4. The second-order valence-electron chi connectivity index (χ2n) is 7.89. The van der Waals surface area contributed by atoms with Crippen molar-refractivity contribution in [2.45, 2.75) is 33.6 Å². The summed E-state index contributed by atoms with van der Waals surface area (Å²) in [5.74, 6) is -0.486. The molecule has 1 aliphatic heterocycles. The van der Waals surface area contributed by atoms with Gasteiger partial charge in [0.15, 0.2) is 5.78 Å². The van der Waals surface area contributed by atoms with Crippen LogP contribution in [0.3, 0.4) is 0 Å². The molecule has 6 heteroatoms. The van der Waals surface area contributed by atoms with Crippen LogP contribution in [0, 0.1) is 25.7 Å². The molecule has 4 rings (SSSR count). The number of likely N-dealkylation sites (tertiary alicyclic amines) is 1. The summed E-state index contributed by atoms with van der Waals surface area (Å²) in [6.07, 6.45) is 5.04. The molecule has 2 unspecified atom stereocenters. The van der Waals surface area contributed by atoms with Crippen molar-refractivity contribution in [3.8, 4) is 11.4 Å². The number of fused-ring (bicyclic) bond motifs is 1. The molecule has 156 valence electrons. The molecule has 1 fully saturated rings. The molecule has 0 radical (unpaired) electrons. The van der Waals surface area contributed by atoms with E-state index in [0.29, 0.717) is 25.0 Å². The number of hydrogen-bond donors (Lipinski definition) is 0. The monoisotopic (exact) mass is 406 g/mol. The van der Waals surface area contributed by atoms with Crippen molar-refractivity contribution < 1.29 is 19.1 Å². The predicted molar refractivity (Wildman–Crippen MR) is 113 cm³/mol. The Morgan fingerprint density at radius 1 is 1.03 bits per heavy atom. The van der Waals surface area contributed by atoms with Crippen LogP contribution in [-0.4, -0.2) is 40.2 Å². The van der Waals surface area contributed by atoms with Crippen molar-refractivity contribution in [2.24, 2.45) is 11.8 Å². The van der Waals surface area contributed by atoms with Crippen LogP contribution in [0.4, 0.5) is 0 Å². The Bertz CT molecular complexity index is 1010. The minimum atomic E-state index is -0.313. The fourth-order valence-corrected chi connectivity index (χ4v) is 4.55. The summed E-state index contributed by atoms with van der Waals surface area (Å²) >= 11 is 0. The van der Waals surface area contributed by atoms with E-state index in [-0.39, 0.29) is 36.0 Å². The number of hydrogen-bond acceptors (Lipinski definition) is 4. The van der Waals surface area contributed by atoms with Crippen molar-refractivity contribution in [1.82, 2.24) is 9.47 Å². The highest BCUT2D eigenvalue weighted by Gasteiger charge is 2.47. The number of rotatable bonds is 6. The first-order chi connectivity index (χ1) is 14.4. The number of aryl methyl sites for hydroxylation is 1. The molecule has 2 aromatic rings. The van der Waals surface area contributed by atoms with Gasteiger partial charge in [0.2, 0.25) is 11.8 Å². The number of carbonyl (C=O) groups is 3. The van der Waals surface area contributed by atoms with Gasteiger partial charge in [0, 0.05) is 22.6 Å². The zero-order chi connectivity index (χ0) is 21.4. The highest BCUT2D eigenvalue weighted by molar-refractivity contribution is 6.10. The lowest BCUT2D eigenvalue weighted by molar-refractivity contribution is -0.139. The maximum atomic E-state index is 13.1. The molecule has 1 aromatic heterocycles. The highest BCUT2D eigenvalue weighted by Crippen LogP contribution is 2.35. The van der Waals surface area contributed by atoms with Crippen LogP contribution in [0.5, 0.6) is 5.75 Å². The van der Waals surface area contributed by atoms with Gasteiger partial charge in [-0.1, -0.05) is 12.2 Å². The number of ether oxygens (including phenoxy) is 1. The van der Waals surface area contributed by atoms with E-state index in [1.165, 1.54) is 0 Å². The van der Waals surface area contributed by atoms with Crippen LogP contribution in [0.15, 0.2) is 42.5 Å². The van der Waals surface area contributed by atoms with E-state index in [4.69, 9.17) is 4.74 Å². The van der Waals surface area contributed by atoms with E-state index in [1.54, 1.807) is 0 Å². The SMILES string of the molecule is CCOc1ccc(-n2c(C)cc(C(=O)CN3C(=O)C4CC=CCC4C3=O)c2C)cc1. The van der Waals surface area contributed by atoms with Gasteiger partial charge in [-0.3, -0.25) is 19.3 Å². The number of ketones is 1. The molecule has 0 N–H and O–H groups in total. The molecule has 2 atom stereocenters. The third-order valence-electron chi connectivity index (χ3n) is 6.04. The molecule has 1 aromatic carbocycles. The van der Waals surface area contributed by atoms with E-state index in [1.807, 2.05) is 67.8 Å². The molecule has 30 heavy (non-hydrogen) atoms. The molecule has 0 spiro atoms. The van der Waals surface area contributed by atoms with Crippen molar-refractivity contribution in [1.29, 1.82) is 0 Å². The fraction of sp³-hybridized carbons (Fsp3) is 0.375. The van der Waals surface area contributed by atoms with E-state index in [0.717, 1.165) is 27.7 Å². The van der Waals surface area contributed by atoms with Crippen LogP contribution in [0.1, 0.15) is 41.5 Å². The summed E-state index contributed by atoms with van der Waals surface area (Å²) < 4.78 is 7.50. The summed E-state index contributed by atoms with van der Waals surface area (Å²) in [5, 5.41) is 0. The third kappa shape index (κ3) is 3.36. The molecule has 0 saturated carbocycles. The largest absolute Gasteiger partial charge is 0.494 e. The molecule has 1 aliphatic carbocycles. The van der Waals surface area contributed by atoms with Crippen LogP contribution in [-0.2, 0) is 9.59 Å². The number of benzene rings is 1. The number of amides is 2. The number of allylic oxidation sites excluding steroid dienone is 2. The number of nitrogens with zero attached hydrogens (tertiary/aromatic N) is 2. The summed E-state index contributed by atoms with van der Waals surface area (Å²) in [6, 6.07) is 9.52. The molecular formula is C24H26N2O4. The second kappa shape index (κ2) is 7.94. The molecule has 2 heterocycles. The van der Waals surface area contributed by atoms with Crippen molar-refractivity contribution in [3.63, 3.8) is 0 Å². The van der Waals surface area contributed by atoms with Gasteiger partial charge >= 0.3 is 0 Å². The Kier molecular flexibility index (Phi) is 5.33. The lowest BCUT2D eigenvalue weighted by Crippen LogP contribution is -2.36. The minimum Gasteiger partial charge on any atom is -0.494 e. The lowest BCUT2D eigenvalue weighted by Gasteiger charge is -2.14. The van der Waals surface area contributed by atoms with E-state index >= 15 is 0 Å². The number of aromatic nitrogens is 1. The Balaban J connectivity index is 1.56. The van der Waals surface area contributed by atoms with Crippen LogP contribution in [0.25, 0.3) is 5.69 Å². The van der Waals surface area contributed by atoms with Gasteiger partial charge < -0.3 is 9.30 Å². The fourth-order valence-electron chi connectivity index (χ4n) is 4.55. The molecular weight excluding hydrogens is 380 g/mol. The Labute approximate surface area is 176 Å². The summed E-state index contributed by atoms with van der Waals surface area (Å²) in [5.41, 5.74) is 3.17. The number of carbonyl (C=O) groups excluding carboxylic acids is 3. The smallest absolute Gasteiger partial charge is 0.233 e. The molecule has 2 amide bonds. The van der Waals surface area contributed by atoms with E-state index in [2.05, 4.69) is 0 Å². The zero-order valence-corrected chi connectivity index (χ0v) is 17.6. The van der Waals surface area contributed by atoms with E-state index < -0.39 is 0 Å². The summed E-state index contributed by atoms with van der Waals surface area (Å²) in [7, 11) is 0. The Morgan fingerprint density at radius 2 is 1.63 bits per heavy atom. The normalized spacial score (nSPS) is 20.6. The molecule has 0 bridgehead atoms. The topological polar surface area (TPSA) is 68.6 Å².